The van der Waals surface area contributed by atoms with Gasteiger partial charge < -0.3 is 5.32 Å². The third kappa shape index (κ3) is 4.53. The highest BCUT2D eigenvalue weighted by molar-refractivity contribution is 14.1. The van der Waals surface area contributed by atoms with Crippen LogP contribution in [-0.4, -0.2) is 0 Å². The average molecular weight is 365 g/mol. The molecule has 1 atom stereocenters. The fourth-order valence-corrected chi connectivity index (χ4v) is 2.54. The molecule has 0 saturated carbocycles. The summed E-state index contributed by atoms with van der Waals surface area (Å²) < 4.78 is 1.27. The van der Waals surface area contributed by atoms with E-state index in [1.165, 1.54) is 14.8 Å². The standard InChI is InChI=1S/C17H20IN/c1-13(2)12-17(14-6-4-3-5-7-14)19-16-10-8-15(18)9-11-16/h3-11,13,17,19H,12H2,1-2H3. The van der Waals surface area contributed by atoms with E-state index in [4.69, 9.17) is 0 Å². The van der Waals surface area contributed by atoms with Gasteiger partial charge in [-0.25, -0.2) is 0 Å². The predicted molar refractivity (Wildman–Crippen MR) is 91.4 cm³/mol. The van der Waals surface area contributed by atoms with Crippen LogP contribution in [0.25, 0.3) is 0 Å². The van der Waals surface area contributed by atoms with Crippen LogP contribution in [-0.2, 0) is 0 Å². The summed E-state index contributed by atoms with van der Waals surface area (Å²) in [5.74, 6) is 0.668. The van der Waals surface area contributed by atoms with Gasteiger partial charge in [-0.3, -0.25) is 0 Å². The normalized spacial score (nSPS) is 12.4. The monoisotopic (exact) mass is 365 g/mol. The molecule has 0 aliphatic heterocycles. The van der Waals surface area contributed by atoms with Crippen molar-refractivity contribution < 1.29 is 0 Å². The second-order valence-corrected chi connectivity index (χ2v) is 6.49. The first-order chi connectivity index (χ1) is 9.15. The molecule has 1 N–H and O–H groups in total. The summed E-state index contributed by atoms with van der Waals surface area (Å²) in [7, 11) is 0. The van der Waals surface area contributed by atoms with Crippen molar-refractivity contribution >= 4 is 28.3 Å². The van der Waals surface area contributed by atoms with E-state index in [-0.39, 0.29) is 0 Å². The van der Waals surface area contributed by atoms with Crippen molar-refractivity contribution in [3.05, 3.63) is 63.7 Å². The van der Waals surface area contributed by atoms with Gasteiger partial charge in [0.2, 0.25) is 0 Å². The van der Waals surface area contributed by atoms with E-state index in [1.807, 2.05) is 0 Å². The number of rotatable bonds is 5. The van der Waals surface area contributed by atoms with Crippen molar-refractivity contribution in [2.24, 2.45) is 5.92 Å². The SMILES string of the molecule is CC(C)CC(Nc1ccc(I)cc1)c1ccccc1. The highest BCUT2D eigenvalue weighted by atomic mass is 127. The lowest BCUT2D eigenvalue weighted by Crippen LogP contribution is -2.13. The van der Waals surface area contributed by atoms with E-state index in [1.54, 1.807) is 0 Å². The van der Waals surface area contributed by atoms with E-state index in [9.17, 15) is 0 Å². The minimum absolute atomic E-state index is 0.376. The Morgan fingerprint density at radius 2 is 1.58 bits per heavy atom. The van der Waals surface area contributed by atoms with Crippen molar-refractivity contribution in [2.75, 3.05) is 5.32 Å². The molecule has 0 aliphatic rings. The molecule has 1 nitrogen and oxygen atoms in total. The molecule has 2 aromatic carbocycles. The third-order valence-electron chi connectivity index (χ3n) is 3.09. The van der Waals surface area contributed by atoms with E-state index >= 15 is 0 Å². The highest BCUT2D eigenvalue weighted by Gasteiger charge is 2.12. The molecule has 0 bridgehead atoms. The summed E-state index contributed by atoms with van der Waals surface area (Å²) in [6, 6.07) is 19.6. The van der Waals surface area contributed by atoms with Crippen molar-refractivity contribution in [1.82, 2.24) is 0 Å². The maximum absolute atomic E-state index is 3.65. The summed E-state index contributed by atoms with van der Waals surface area (Å²) in [4.78, 5) is 0. The molecule has 0 heterocycles. The Morgan fingerprint density at radius 3 is 2.16 bits per heavy atom. The summed E-state index contributed by atoms with van der Waals surface area (Å²) in [6.07, 6.45) is 1.13. The van der Waals surface area contributed by atoms with Crippen LogP contribution in [0.4, 0.5) is 5.69 Å². The minimum Gasteiger partial charge on any atom is -0.378 e. The molecular weight excluding hydrogens is 345 g/mol. The third-order valence-corrected chi connectivity index (χ3v) is 3.81. The zero-order chi connectivity index (χ0) is 13.7. The van der Waals surface area contributed by atoms with E-state index < -0.39 is 0 Å². The molecule has 0 saturated heterocycles. The van der Waals surface area contributed by atoms with Crippen LogP contribution in [0.1, 0.15) is 31.9 Å². The van der Waals surface area contributed by atoms with Gasteiger partial charge in [-0.1, -0.05) is 44.2 Å². The second-order valence-electron chi connectivity index (χ2n) is 5.24. The molecule has 100 valence electrons. The topological polar surface area (TPSA) is 12.0 Å². The highest BCUT2D eigenvalue weighted by Crippen LogP contribution is 2.26. The largest absolute Gasteiger partial charge is 0.378 e. The average Bonchev–Trinajstić information content (AvgIpc) is 2.41. The Hall–Kier alpha value is -1.03. The van der Waals surface area contributed by atoms with Crippen molar-refractivity contribution in [3.63, 3.8) is 0 Å². The Morgan fingerprint density at radius 1 is 0.947 bits per heavy atom. The molecule has 2 heteroatoms. The fraction of sp³-hybridized carbons (Fsp3) is 0.294. The van der Waals surface area contributed by atoms with Gasteiger partial charge in [-0.15, -0.1) is 0 Å². The minimum atomic E-state index is 0.376. The van der Waals surface area contributed by atoms with Gasteiger partial charge >= 0.3 is 0 Å². The van der Waals surface area contributed by atoms with Crippen LogP contribution in [0, 0.1) is 9.49 Å². The van der Waals surface area contributed by atoms with Crippen LogP contribution >= 0.6 is 22.6 Å². The van der Waals surface area contributed by atoms with Crippen molar-refractivity contribution in [3.8, 4) is 0 Å². The number of halogens is 1. The Balaban J connectivity index is 2.16. The lowest BCUT2D eigenvalue weighted by molar-refractivity contribution is 0.531. The number of hydrogen-bond acceptors (Lipinski definition) is 1. The summed E-state index contributed by atoms with van der Waals surface area (Å²) in [5, 5.41) is 3.65. The second kappa shape index (κ2) is 6.94. The van der Waals surface area contributed by atoms with Crippen molar-refractivity contribution in [2.45, 2.75) is 26.3 Å². The predicted octanol–water partition coefficient (Wildman–Crippen LogP) is 5.49. The van der Waals surface area contributed by atoms with E-state index in [2.05, 4.69) is 96.4 Å². The van der Waals surface area contributed by atoms with Crippen LogP contribution in [0.2, 0.25) is 0 Å². The molecule has 0 radical (unpaired) electrons. The van der Waals surface area contributed by atoms with Crippen LogP contribution < -0.4 is 5.32 Å². The number of hydrogen-bond donors (Lipinski definition) is 1. The number of benzene rings is 2. The van der Waals surface area contributed by atoms with E-state index in [0.717, 1.165) is 6.42 Å². The van der Waals surface area contributed by atoms with Crippen LogP contribution in [0.15, 0.2) is 54.6 Å². The quantitative estimate of drug-likeness (QED) is 0.691. The number of anilines is 1. The molecule has 2 aromatic rings. The van der Waals surface area contributed by atoms with Gasteiger partial charge in [-0.2, -0.15) is 0 Å². The first-order valence-electron chi connectivity index (χ1n) is 6.72. The molecule has 0 fully saturated rings. The fourth-order valence-electron chi connectivity index (χ4n) is 2.18. The number of nitrogens with one attached hydrogen (secondary N) is 1. The maximum atomic E-state index is 3.65. The van der Waals surface area contributed by atoms with Crippen molar-refractivity contribution in [1.29, 1.82) is 0 Å². The zero-order valence-corrected chi connectivity index (χ0v) is 13.6. The van der Waals surface area contributed by atoms with Gasteiger partial charge in [0.05, 0.1) is 6.04 Å². The Labute approximate surface area is 129 Å². The lowest BCUT2D eigenvalue weighted by atomic mass is 9.97. The molecule has 0 spiro atoms. The summed E-state index contributed by atoms with van der Waals surface area (Å²) in [6.45, 7) is 4.54. The lowest BCUT2D eigenvalue weighted by Gasteiger charge is -2.22. The molecule has 0 amide bonds. The molecular formula is C17H20IN. The van der Waals surface area contributed by atoms with Gasteiger partial charge in [0.25, 0.3) is 0 Å². The molecule has 1 unspecified atom stereocenters. The van der Waals surface area contributed by atoms with Gasteiger partial charge in [-0.05, 0) is 64.8 Å². The summed E-state index contributed by atoms with van der Waals surface area (Å²) >= 11 is 2.33. The zero-order valence-electron chi connectivity index (χ0n) is 11.4. The summed E-state index contributed by atoms with van der Waals surface area (Å²) in [5.41, 5.74) is 2.55. The Bertz CT molecular complexity index is 490. The van der Waals surface area contributed by atoms with Crippen LogP contribution in [0.5, 0.6) is 0 Å². The maximum Gasteiger partial charge on any atom is 0.0516 e. The molecule has 2 rings (SSSR count). The molecule has 0 aliphatic carbocycles. The molecule has 0 aromatic heterocycles. The first kappa shape index (κ1) is 14.4. The van der Waals surface area contributed by atoms with E-state index in [0.29, 0.717) is 12.0 Å². The van der Waals surface area contributed by atoms with Gasteiger partial charge in [0.1, 0.15) is 0 Å². The van der Waals surface area contributed by atoms with Gasteiger partial charge in [0.15, 0.2) is 0 Å². The molecule has 19 heavy (non-hydrogen) atoms. The smallest absolute Gasteiger partial charge is 0.0516 e. The Kier molecular flexibility index (Phi) is 5.25. The first-order valence-corrected chi connectivity index (χ1v) is 7.80. The van der Waals surface area contributed by atoms with Gasteiger partial charge in [0, 0.05) is 9.26 Å². The van der Waals surface area contributed by atoms with Crippen LogP contribution in [0.3, 0.4) is 0 Å².